The molecule has 0 spiro atoms. The van der Waals surface area contributed by atoms with Gasteiger partial charge >= 0.3 is 5.97 Å². The molecule has 14 heavy (non-hydrogen) atoms. The Hall–Kier alpha value is -1.13. The molecule has 1 aromatic rings. The molecule has 0 bridgehead atoms. The Labute approximate surface area is 85.6 Å². The van der Waals surface area contributed by atoms with Crippen LogP contribution in [-0.4, -0.2) is 13.1 Å². The van der Waals surface area contributed by atoms with Gasteiger partial charge in [-0.1, -0.05) is 11.6 Å². The first kappa shape index (κ1) is 10.9. The fraction of sp³-hybridized carbons (Fsp3) is 0.222. The predicted molar refractivity (Wildman–Crippen MR) is 50.4 cm³/mol. The zero-order chi connectivity index (χ0) is 10.7. The molecule has 2 N–H and O–H groups in total. The van der Waals surface area contributed by atoms with Gasteiger partial charge in [0.05, 0.1) is 7.11 Å². The van der Waals surface area contributed by atoms with E-state index < -0.39 is 17.8 Å². The zero-order valence-corrected chi connectivity index (χ0v) is 8.22. The molecule has 1 unspecified atom stereocenters. The van der Waals surface area contributed by atoms with E-state index in [0.29, 0.717) is 5.02 Å². The first-order valence-electron chi connectivity index (χ1n) is 3.84. The number of esters is 1. The minimum atomic E-state index is -1.14. The number of hydrogen-bond acceptors (Lipinski definition) is 3. The Morgan fingerprint density at radius 2 is 2.29 bits per heavy atom. The summed E-state index contributed by atoms with van der Waals surface area (Å²) in [4.78, 5) is 11.0. The largest absolute Gasteiger partial charge is 0.468 e. The molecule has 0 aliphatic carbocycles. The fourth-order valence-corrected chi connectivity index (χ4v) is 1.19. The number of hydrogen-bond donors (Lipinski definition) is 1. The van der Waals surface area contributed by atoms with Crippen molar-refractivity contribution in [3.05, 3.63) is 34.6 Å². The lowest BCUT2D eigenvalue weighted by atomic mass is 10.1. The minimum Gasteiger partial charge on any atom is -0.468 e. The lowest BCUT2D eigenvalue weighted by molar-refractivity contribution is -0.142. The van der Waals surface area contributed by atoms with Gasteiger partial charge < -0.3 is 10.5 Å². The van der Waals surface area contributed by atoms with Crippen molar-refractivity contribution < 1.29 is 13.9 Å². The number of methoxy groups -OCH3 is 1. The van der Waals surface area contributed by atoms with E-state index in [2.05, 4.69) is 4.74 Å². The highest BCUT2D eigenvalue weighted by atomic mass is 35.5. The minimum absolute atomic E-state index is 0.0318. The van der Waals surface area contributed by atoms with Crippen LogP contribution in [0.15, 0.2) is 18.2 Å². The number of rotatable bonds is 2. The smallest absolute Gasteiger partial charge is 0.327 e. The van der Waals surface area contributed by atoms with Crippen LogP contribution in [0.25, 0.3) is 0 Å². The normalized spacial score (nSPS) is 12.3. The molecule has 0 heterocycles. The number of halogens is 2. The molecule has 0 saturated carbocycles. The van der Waals surface area contributed by atoms with E-state index in [4.69, 9.17) is 17.3 Å². The van der Waals surface area contributed by atoms with Gasteiger partial charge in [0.1, 0.15) is 11.9 Å². The summed E-state index contributed by atoms with van der Waals surface area (Å²) in [5, 5.41) is 0.320. The topological polar surface area (TPSA) is 52.3 Å². The highest BCUT2D eigenvalue weighted by Crippen LogP contribution is 2.20. The van der Waals surface area contributed by atoms with Crippen LogP contribution < -0.4 is 5.73 Å². The maximum absolute atomic E-state index is 13.2. The third-order valence-corrected chi connectivity index (χ3v) is 1.98. The van der Waals surface area contributed by atoms with E-state index in [1.54, 1.807) is 0 Å². The summed E-state index contributed by atoms with van der Waals surface area (Å²) >= 11 is 5.63. The van der Waals surface area contributed by atoms with Gasteiger partial charge in [0.2, 0.25) is 0 Å². The van der Waals surface area contributed by atoms with Gasteiger partial charge in [0.25, 0.3) is 0 Å². The third-order valence-electron chi connectivity index (χ3n) is 1.75. The molecule has 0 amide bonds. The van der Waals surface area contributed by atoms with E-state index in [1.165, 1.54) is 19.2 Å². The summed E-state index contributed by atoms with van der Waals surface area (Å²) < 4.78 is 17.6. The third kappa shape index (κ3) is 2.21. The van der Waals surface area contributed by atoms with Crippen LogP contribution in [0.4, 0.5) is 4.39 Å². The predicted octanol–water partition coefficient (Wildman–Crippen LogP) is 1.65. The first-order valence-corrected chi connectivity index (χ1v) is 4.22. The molecule has 1 atom stereocenters. The summed E-state index contributed by atoms with van der Waals surface area (Å²) in [6.45, 7) is 0. The monoisotopic (exact) mass is 217 g/mol. The molecule has 5 heteroatoms. The standard InChI is InChI=1S/C9H9ClFNO2/c1-14-9(13)8(12)6-4-5(10)2-3-7(6)11/h2-4,8H,12H2,1H3. The number of ether oxygens (including phenoxy) is 1. The van der Waals surface area contributed by atoms with Crippen LogP contribution in [0.1, 0.15) is 11.6 Å². The molecule has 0 aromatic heterocycles. The number of benzene rings is 1. The van der Waals surface area contributed by atoms with Crippen LogP contribution in [0.3, 0.4) is 0 Å². The molecule has 0 aliphatic rings. The van der Waals surface area contributed by atoms with Crippen LogP contribution in [0, 0.1) is 5.82 Å². The van der Waals surface area contributed by atoms with Crippen LogP contribution in [0.2, 0.25) is 5.02 Å². The van der Waals surface area contributed by atoms with E-state index >= 15 is 0 Å². The summed E-state index contributed by atoms with van der Waals surface area (Å²) in [6, 6.07) is 2.70. The van der Waals surface area contributed by atoms with Gasteiger partial charge in [-0.05, 0) is 18.2 Å². The highest BCUT2D eigenvalue weighted by Gasteiger charge is 2.19. The van der Waals surface area contributed by atoms with Crippen molar-refractivity contribution in [2.75, 3.05) is 7.11 Å². The lowest BCUT2D eigenvalue weighted by Gasteiger charge is -2.10. The Morgan fingerprint density at radius 1 is 1.64 bits per heavy atom. The maximum atomic E-state index is 13.2. The Morgan fingerprint density at radius 3 is 2.86 bits per heavy atom. The van der Waals surface area contributed by atoms with E-state index in [1.807, 2.05) is 0 Å². The van der Waals surface area contributed by atoms with Crippen molar-refractivity contribution in [3.8, 4) is 0 Å². The van der Waals surface area contributed by atoms with Crippen molar-refractivity contribution in [2.45, 2.75) is 6.04 Å². The van der Waals surface area contributed by atoms with Crippen molar-refractivity contribution in [2.24, 2.45) is 5.73 Å². The fourth-order valence-electron chi connectivity index (χ4n) is 1.01. The van der Waals surface area contributed by atoms with Gasteiger partial charge in [-0.15, -0.1) is 0 Å². The molecule has 1 rings (SSSR count). The van der Waals surface area contributed by atoms with Gasteiger partial charge in [-0.3, -0.25) is 4.79 Å². The maximum Gasteiger partial charge on any atom is 0.327 e. The second kappa shape index (κ2) is 4.39. The SMILES string of the molecule is COC(=O)C(N)c1cc(Cl)ccc1F. The van der Waals surface area contributed by atoms with Crippen LogP contribution in [0.5, 0.6) is 0 Å². The molecular weight excluding hydrogens is 209 g/mol. The van der Waals surface area contributed by atoms with Crippen molar-refractivity contribution in [1.29, 1.82) is 0 Å². The van der Waals surface area contributed by atoms with E-state index in [-0.39, 0.29) is 5.56 Å². The Balaban J connectivity index is 3.05. The van der Waals surface area contributed by atoms with Crippen molar-refractivity contribution in [1.82, 2.24) is 0 Å². The van der Waals surface area contributed by atoms with Crippen LogP contribution in [-0.2, 0) is 9.53 Å². The Bertz CT molecular complexity index is 357. The molecule has 0 radical (unpaired) electrons. The van der Waals surface area contributed by atoms with Gasteiger partial charge in [0.15, 0.2) is 0 Å². The summed E-state index contributed by atoms with van der Waals surface area (Å²) in [5.41, 5.74) is 5.48. The number of carbonyl (C=O) groups excluding carboxylic acids is 1. The van der Waals surface area contributed by atoms with Crippen molar-refractivity contribution in [3.63, 3.8) is 0 Å². The second-order valence-corrected chi connectivity index (χ2v) is 3.10. The zero-order valence-electron chi connectivity index (χ0n) is 7.46. The average molecular weight is 218 g/mol. The molecule has 76 valence electrons. The number of nitrogens with two attached hydrogens (primary N) is 1. The highest BCUT2D eigenvalue weighted by molar-refractivity contribution is 6.30. The van der Waals surface area contributed by atoms with Gasteiger partial charge in [-0.2, -0.15) is 0 Å². The van der Waals surface area contributed by atoms with Crippen LogP contribution >= 0.6 is 11.6 Å². The van der Waals surface area contributed by atoms with Gasteiger partial charge in [-0.25, -0.2) is 4.39 Å². The van der Waals surface area contributed by atoms with E-state index in [0.717, 1.165) is 6.07 Å². The number of carbonyl (C=O) groups is 1. The molecule has 0 saturated heterocycles. The molecular formula is C9H9ClFNO2. The second-order valence-electron chi connectivity index (χ2n) is 2.67. The van der Waals surface area contributed by atoms with Crippen molar-refractivity contribution >= 4 is 17.6 Å². The summed E-state index contributed by atoms with van der Waals surface area (Å²) in [7, 11) is 1.19. The quantitative estimate of drug-likeness (QED) is 0.767. The average Bonchev–Trinajstić information content (AvgIpc) is 2.19. The molecule has 0 aliphatic heterocycles. The molecule has 1 aromatic carbocycles. The summed E-state index contributed by atoms with van der Waals surface area (Å²) in [5.74, 6) is -1.28. The molecule has 0 fully saturated rings. The molecule has 3 nitrogen and oxygen atoms in total. The first-order chi connectivity index (χ1) is 6.56. The lowest BCUT2D eigenvalue weighted by Crippen LogP contribution is -2.23. The van der Waals surface area contributed by atoms with E-state index in [9.17, 15) is 9.18 Å². The summed E-state index contributed by atoms with van der Waals surface area (Å²) in [6.07, 6.45) is 0. The Kier molecular flexibility index (Phi) is 3.43. The van der Waals surface area contributed by atoms with Gasteiger partial charge in [0, 0.05) is 10.6 Å².